The summed E-state index contributed by atoms with van der Waals surface area (Å²) in [6.45, 7) is 0.766. The van der Waals surface area contributed by atoms with Crippen LogP contribution in [0.25, 0.3) is 0 Å². The van der Waals surface area contributed by atoms with Crippen molar-refractivity contribution in [2.75, 3.05) is 6.54 Å². The fourth-order valence-electron chi connectivity index (χ4n) is 3.54. The van der Waals surface area contributed by atoms with E-state index in [4.69, 9.17) is 0 Å². The molecule has 106 valence electrons. The summed E-state index contributed by atoms with van der Waals surface area (Å²) in [5.74, 6) is -0.361. The lowest BCUT2D eigenvalue weighted by atomic mass is 9.84. The SMILES string of the molecule is FC(F)(F)C1CCCCC1NCCC1CCCC1. The standard InChI is InChI=1S/C14H24F3N/c15-14(16,17)12-7-3-4-8-13(12)18-10-9-11-5-1-2-6-11/h11-13,18H,1-10H2. The molecule has 0 spiro atoms. The van der Waals surface area contributed by atoms with E-state index in [1.54, 1.807) is 0 Å². The maximum atomic E-state index is 12.9. The minimum absolute atomic E-state index is 0.310. The van der Waals surface area contributed by atoms with Crippen LogP contribution in [0.3, 0.4) is 0 Å². The molecule has 2 aliphatic carbocycles. The molecule has 2 atom stereocenters. The lowest BCUT2D eigenvalue weighted by Gasteiger charge is -2.34. The highest BCUT2D eigenvalue weighted by atomic mass is 19.4. The van der Waals surface area contributed by atoms with Gasteiger partial charge in [-0.2, -0.15) is 13.2 Å². The molecule has 1 nitrogen and oxygen atoms in total. The lowest BCUT2D eigenvalue weighted by Crippen LogP contribution is -2.45. The van der Waals surface area contributed by atoms with Crippen molar-refractivity contribution in [2.45, 2.75) is 70.0 Å². The van der Waals surface area contributed by atoms with Crippen molar-refractivity contribution >= 4 is 0 Å². The van der Waals surface area contributed by atoms with Crippen LogP contribution in [0.15, 0.2) is 0 Å². The normalized spacial score (nSPS) is 30.8. The molecule has 0 bridgehead atoms. The van der Waals surface area contributed by atoms with Crippen molar-refractivity contribution in [3.8, 4) is 0 Å². The highest BCUT2D eigenvalue weighted by molar-refractivity contribution is 4.85. The molecule has 1 N–H and O–H groups in total. The predicted molar refractivity (Wildman–Crippen MR) is 66.4 cm³/mol. The van der Waals surface area contributed by atoms with Gasteiger partial charge < -0.3 is 5.32 Å². The molecule has 4 heteroatoms. The second-order valence-corrected chi connectivity index (χ2v) is 5.93. The molecule has 0 radical (unpaired) electrons. The van der Waals surface area contributed by atoms with Crippen LogP contribution in [0.1, 0.15) is 57.8 Å². The molecule has 0 saturated heterocycles. The predicted octanol–water partition coefficient (Wildman–Crippen LogP) is 4.28. The number of hydrogen-bond acceptors (Lipinski definition) is 1. The molecule has 2 fully saturated rings. The summed E-state index contributed by atoms with van der Waals surface area (Å²) in [7, 11) is 0. The third-order valence-corrected chi connectivity index (χ3v) is 4.62. The van der Waals surface area contributed by atoms with E-state index < -0.39 is 12.1 Å². The minimum atomic E-state index is -4.02. The quantitative estimate of drug-likeness (QED) is 0.798. The Hall–Kier alpha value is -0.250. The highest BCUT2D eigenvalue weighted by Crippen LogP contribution is 2.37. The Morgan fingerprint density at radius 3 is 2.17 bits per heavy atom. The lowest BCUT2D eigenvalue weighted by molar-refractivity contribution is -0.188. The average molecular weight is 263 g/mol. The monoisotopic (exact) mass is 263 g/mol. The molecule has 2 unspecified atom stereocenters. The first-order valence-electron chi connectivity index (χ1n) is 7.37. The first-order valence-corrected chi connectivity index (χ1v) is 7.37. The fourth-order valence-corrected chi connectivity index (χ4v) is 3.54. The molecule has 2 saturated carbocycles. The van der Waals surface area contributed by atoms with Gasteiger partial charge in [-0.3, -0.25) is 0 Å². The van der Waals surface area contributed by atoms with Crippen molar-refractivity contribution in [3.05, 3.63) is 0 Å². The Labute approximate surface area is 108 Å². The molecule has 0 aromatic rings. The van der Waals surface area contributed by atoms with Gasteiger partial charge in [0.05, 0.1) is 5.92 Å². The van der Waals surface area contributed by atoms with Gasteiger partial charge in [-0.15, -0.1) is 0 Å². The largest absolute Gasteiger partial charge is 0.393 e. The fraction of sp³-hybridized carbons (Fsp3) is 1.00. The van der Waals surface area contributed by atoms with Crippen LogP contribution in [-0.4, -0.2) is 18.8 Å². The van der Waals surface area contributed by atoms with Gasteiger partial charge in [0.25, 0.3) is 0 Å². The third kappa shape index (κ3) is 3.87. The van der Waals surface area contributed by atoms with E-state index in [0.29, 0.717) is 12.8 Å². The highest BCUT2D eigenvalue weighted by Gasteiger charge is 2.45. The second-order valence-electron chi connectivity index (χ2n) is 5.93. The van der Waals surface area contributed by atoms with Gasteiger partial charge in [0, 0.05) is 6.04 Å². The van der Waals surface area contributed by atoms with Gasteiger partial charge in [0.2, 0.25) is 0 Å². The zero-order valence-electron chi connectivity index (χ0n) is 10.9. The Morgan fingerprint density at radius 1 is 0.889 bits per heavy atom. The molecule has 2 aliphatic rings. The Kier molecular flexibility index (Phi) is 4.93. The van der Waals surface area contributed by atoms with Crippen LogP contribution >= 0.6 is 0 Å². The Balaban J connectivity index is 1.75. The summed E-state index contributed by atoms with van der Waals surface area (Å²) < 4.78 is 38.6. The summed E-state index contributed by atoms with van der Waals surface area (Å²) in [4.78, 5) is 0. The van der Waals surface area contributed by atoms with Crippen LogP contribution in [0, 0.1) is 11.8 Å². The molecule has 0 aromatic carbocycles. The van der Waals surface area contributed by atoms with Crippen LogP contribution in [-0.2, 0) is 0 Å². The van der Waals surface area contributed by atoms with Gasteiger partial charge in [0.1, 0.15) is 0 Å². The molecule has 0 amide bonds. The zero-order chi connectivity index (χ0) is 13.0. The number of alkyl halides is 3. The first-order chi connectivity index (χ1) is 8.57. The van der Waals surface area contributed by atoms with E-state index in [0.717, 1.165) is 31.7 Å². The summed E-state index contributed by atoms with van der Waals surface area (Å²) in [5, 5.41) is 3.19. The molecule has 0 heterocycles. The summed E-state index contributed by atoms with van der Waals surface area (Å²) in [5.41, 5.74) is 0. The van der Waals surface area contributed by atoms with Gasteiger partial charge in [0.15, 0.2) is 0 Å². The topological polar surface area (TPSA) is 12.0 Å². The third-order valence-electron chi connectivity index (χ3n) is 4.62. The van der Waals surface area contributed by atoms with Crippen LogP contribution in [0.5, 0.6) is 0 Å². The maximum Gasteiger partial charge on any atom is 0.393 e. The molecule has 2 rings (SSSR count). The van der Waals surface area contributed by atoms with E-state index in [-0.39, 0.29) is 6.04 Å². The van der Waals surface area contributed by atoms with Gasteiger partial charge in [-0.1, -0.05) is 38.5 Å². The van der Waals surface area contributed by atoms with Crippen molar-refractivity contribution in [1.82, 2.24) is 5.32 Å². The molecule has 18 heavy (non-hydrogen) atoms. The summed E-state index contributed by atoms with van der Waals surface area (Å²) >= 11 is 0. The molecule has 0 aliphatic heterocycles. The number of nitrogens with one attached hydrogen (secondary N) is 1. The van der Waals surface area contributed by atoms with Crippen molar-refractivity contribution < 1.29 is 13.2 Å². The van der Waals surface area contributed by atoms with Crippen LogP contribution in [0.4, 0.5) is 13.2 Å². The van der Waals surface area contributed by atoms with Crippen molar-refractivity contribution in [3.63, 3.8) is 0 Å². The number of rotatable bonds is 4. The smallest absolute Gasteiger partial charge is 0.313 e. The van der Waals surface area contributed by atoms with E-state index >= 15 is 0 Å². The summed E-state index contributed by atoms with van der Waals surface area (Å²) in [6, 6.07) is -0.333. The zero-order valence-corrected chi connectivity index (χ0v) is 10.9. The van der Waals surface area contributed by atoms with Gasteiger partial charge in [-0.05, 0) is 31.7 Å². The first kappa shape index (κ1) is 14.2. The average Bonchev–Trinajstić information content (AvgIpc) is 2.81. The van der Waals surface area contributed by atoms with Gasteiger partial charge >= 0.3 is 6.18 Å². The van der Waals surface area contributed by atoms with Crippen molar-refractivity contribution in [2.24, 2.45) is 11.8 Å². The molecular formula is C14H24F3N. The second kappa shape index (κ2) is 6.27. The number of hydrogen-bond donors (Lipinski definition) is 1. The van der Waals surface area contributed by atoms with Crippen LogP contribution in [0.2, 0.25) is 0 Å². The van der Waals surface area contributed by atoms with E-state index in [1.165, 1.54) is 25.7 Å². The van der Waals surface area contributed by atoms with E-state index in [2.05, 4.69) is 5.32 Å². The molecule has 0 aromatic heterocycles. The molecular weight excluding hydrogens is 239 g/mol. The van der Waals surface area contributed by atoms with Crippen molar-refractivity contribution in [1.29, 1.82) is 0 Å². The van der Waals surface area contributed by atoms with Crippen LogP contribution < -0.4 is 5.32 Å². The minimum Gasteiger partial charge on any atom is -0.313 e. The maximum absolute atomic E-state index is 12.9. The Morgan fingerprint density at radius 2 is 1.50 bits per heavy atom. The van der Waals surface area contributed by atoms with E-state index in [9.17, 15) is 13.2 Å². The summed E-state index contributed by atoms with van der Waals surface area (Å²) in [6.07, 6.45) is 4.85. The van der Waals surface area contributed by atoms with Gasteiger partial charge in [-0.25, -0.2) is 0 Å². The van der Waals surface area contributed by atoms with E-state index in [1.807, 2.05) is 0 Å². The number of halogens is 3. The Bertz CT molecular complexity index is 246.